The molecular formula is C17H24. The average Bonchev–Trinajstić information content (AvgIpc) is 2.15. The predicted octanol–water partition coefficient (Wildman–Crippen LogP) is 5.08. The molecule has 0 radical (unpaired) electrons. The summed E-state index contributed by atoms with van der Waals surface area (Å²) in [7, 11) is 0. The fourth-order valence-electron chi connectivity index (χ4n) is 2.13. The molecule has 0 nitrogen and oxygen atoms in total. The van der Waals surface area contributed by atoms with Crippen LogP contribution in [-0.2, 0) is 10.8 Å². The fraction of sp³-hybridized carbons (Fsp3) is 0.471. The number of hydrogen-bond donors (Lipinski definition) is 0. The first-order valence-corrected chi connectivity index (χ1v) is 6.17. The Morgan fingerprint density at radius 3 is 1.65 bits per heavy atom. The first-order valence-electron chi connectivity index (χ1n) is 6.17. The Balaban J connectivity index is 3.60. The van der Waals surface area contributed by atoms with Crippen LogP contribution in [0.25, 0.3) is 6.08 Å². The van der Waals surface area contributed by atoms with E-state index in [1.165, 1.54) is 16.7 Å². The molecule has 1 rings (SSSR count). The minimum atomic E-state index is 0.143. The van der Waals surface area contributed by atoms with Crippen molar-refractivity contribution in [3.05, 3.63) is 47.2 Å². The van der Waals surface area contributed by atoms with Crippen molar-refractivity contribution in [1.82, 2.24) is 0 Å². The summed E-state index contributed by atoms with van der Waals surface area (Å²) in [6.07, 6.45) is 2.02. The fourth-order valence-corrected chi connectivity index (χ4v) is 2.13. The summed E-state index contributed by atoms with van der Waals surface area (Å²) < 4.78 is 0. The van der Waals surface area contributed by atoms with E-state index >= 15 is 0 Å². The van der Waals surface area contributed by atoms with Crippen molar-refractivity contribution in [3.8, 4) is 0 Å². The minimum Gasteiger partial charge on any atom is -0.128 e. The van der Waals surface area contributed by atoms with Crippen molar-refractivity contribution in [1.29, 1.82) is 0 Å². The molecule has 92 valence electrons. The van der Waals surface area contributed by atoms with Crippen molar-refractivity contribution >= 4 is 6.08 Å². The largest absolute Gasteiger partial charge is 0.128 e. The molecule has 0 bridgehead atoms. The van der Waals surface area contributed by atoms with Crippen molar-refractivity contribution in [2.75, 3.05) is 0 Å². The van der Waals surface area contributed by atoms with Crippen molar-refractivity contribution < 1.29 is 0 Å². The normalized spacial score (nSPS) is 12.1. The highest BCUT2D eigenvalue weighted by molar-refractivity contribution is 5.61. The summed E-state index contributed by atoms with van der Waals surface area (Å²) in [4.78, 5) is 0. The van der Waals surface area contributed by atoms with E-state index in [4.69, 9.17) is 0 Å². The molecule has 0 heterocycles. The van der Waals surface area contributed by atoms with E-state index in [1.807, 2.05) is 6.08 Å². The van der Waals surface area contributed by atoms with Gasteiger partial charge in [-0.3, -0.25) is 0 Å². The highest BCUT2D eigenvalue weighted by Crippen LogP contribution is 2.34. The Kier molecular flexibility index (Phi) is 3.69. The second kappa shape index (κ2) is 4.55. The zero-order valence-corrected chi connectivity index (χ0v) is 12.0. The predicted molar refractivity (Wildman–Crippen MR) is 77.4 cm³/mol. The van der Waals surface area contributed by atoms with Crippen LogP contribution in [0, 0.1) is 0 Å². The van der Waals surface area contributed by atoms with Gasteiger partial charge in [-0.25, -0.2) is 0 Å². The smallest absolute Gasteiger partial charge is 0.0105 e. The molecule has 0 saturated carbocycles. The first-order chi connectivity index (χ1) is 7.68. The van der Waals surface area contributed by atoms with E-state index < -0.39 is 0 Å². The van der Waals surface area contributed by atoms with Gasteiger partial charge in [-0.2, -0.15) is 0 Å². The lowest BCUT2D eigenvalue weighted by Crippen LogP contribution is -2.19. The minimum absolute atomic E-state index is 0.143. The lowest BCUT2D eigenvalue weighted by Gasteiger charge is -2.28. The first kappa shape index (κ1) is 13.8. The molecule has 0 spiro atoms. The molecule has 0 aromatic heterocycles. The molecule has 0 atom stereocenters. The summed E-state index contributed by atoms with van der Waals surface area (Å²) in [5.74, 6) is 0. The molecule has 1 aromatic carbocycles. The van der Waals surface area contributed by atoms with Crippen LogP contribution < -0.4 is 0 Å². The van der Waals surface area contributed by atoms with Gasteiger partial charge < -0.3 is 0 Å². The van der Waals surface area contributed by atoms with Gasteiger partial charge in [0, 0.05) is 0 Å². The molecule has 0 heteroatoms. The van der Waals surface area contributed by atoms with Crippen LogP contribution in [0.2, 0.25) is 0 Å². The zero-order chi connectivity index (χ0) is 13.3. The van der Waals surface area contributed by atoms with E-state index in [0.717, 1.165) is 0 Å². The van der Waals surface area contributed by atoms with E-state index in [9.17, 15) is 0 Å². The van der Waals surface area contributed by atoms with Crippen molar-refractivity contribution in [2.45, 2.75) is 52.4 Å². The van der Waals surface area contributed by atoms with Crippen LogP contribution >= 0.6 is 0 Å². The molecule has 0 fully saturated rings. The standard InChI is InChI=1S/C17H24/c1-8-10-13-14(16(2,3)4)11-9-12-15(13)17(5,6)7/h9-12H,1H2,2-7H3. The summed E-state index contributed by atoms with van der Waals surface area (Å²) in [5.41, 5.74) is 7.22. The van der Waals surface area contributed by atoms with E-state index in [2.05, 4.69) is 72.1 Å². The Labute approximate surface area is 106 Å². The Bertz CT molecular complexity index is 412. The molecule has 0 aliphatic heterocycles. The Hall–Kier alpha value is -1.26. The summed E-state index contributed by atoms with van der Waals surface area (Å²) in [5, 5.41) is 0. The highest BCUT2D eigenvalue weighted by atomic mass is 14.3. The molecule has 0 aliphatic carbocycles. The van der Waals surface area contributed by atoms with Gasteiger partial charge in [0.2, 0.25) is 0 Å². The SMILES string of the molecule is C=C=Cc1c(C(C)(C)C)cccc1C(C)(C)C. The summed E-state index contributed by atoms with van der Waals surface area (Å²) in [6, 6.07) is 6.57. The second-order valence-electron chi connectivity index (χ2n) is 6.62. The zero-order valence-electron chi connectivity index (χ0n) is 12.0. The third-order valence-electron chi connectivity index (χ3n) is 2.97. The van der Waals surface area contributed by atoms with Gasteiger partial charge in [0.1, 0.15) is 0 Å². The van der Waals surface area contributed by atoms with Crippen LogP contribution in [0.4, 0.5) is 0 Å². The third-order valence-corrected chi connectivity index (χ3v) is 2.97. The lowest BCUT2D eigenvalue weighted by molar-refractivity contribution is 0.566. The third kappa shape index (κ3) is 3.11. The van der Waals surface area contributed by atoms with Gasteiger partial charge in [-0.05, 0) is 33.6 Å². The quantitative estimate of drug-likeness (QED) is 0.588. The number of rotatable bonds is 1. The van der Waals surface area contributed by atoms with E-state index in [0.29, 0.717) is 0 Å². The van der Waals surface area contributed by atoms with Crippen LogP contribution in [0.3, 0.4) is 0 Å². The van der Waals surface area contributed by atoms with Crippen molar-refractivity contribution in [3.63, 3.8) is 0 Å². The number of hydrogen-bond acceptors (Lipinski definition) is 0. The van der Waals surface area contributed by atoms with Crippen LogP contribution in [0.5, 0.6) is 0 Å². The average molecular weight is 228 g/mol. The molecule has 0 amide bonds. The van der Waals surface area contributed by atoms with Crippen LogP contribution in [-0.4, -0.2) is 0 Å². The molecule has 0 aliphatic rings. The van der Waals surface area contributed by atoms with Crippen LogP contribution in [0.1, 0.15) is 58.2 Å². The number of benzene rings is 1. The van der Waals surface area contributed by atoms with Gasteiger partial charge in [0.05, 0.1) is 0 Å². The lowest BCUT2D eigenvalue weighted by atomic mass is 9.76. The van der Waals surface area contributed by atoms with Crippen molar-refractivity contribution in [2.24, 2.45) is 0 Å². The maximum atomic E-state index is 3.72. The molecule has 1 aromatic rings. The second-order valence-corrected chi connectivity index (χ2v) is 6.62. The summed E-state index contributed by atoms with van der Waals surface area (Å²) in [6.45, 7) is 17.2. The monoisotopic (exact) mass is 228 g/mol. The van der Waals surface area contributed by atoms with Gasteiger partial charge >= 0.3 is 0 Å². The molecule has 0 saturated heterocycles. The topological polar surface area (TPSA) is 0 Å². The molecular weight excluding hydrogens is 204 g/mol. The maximum absolute atomic E-state index is 3.72. The Morgan fingerprint density at radius 2 is 1.35 bits per heavy atom. The molecule has 0 N–H and O–H groups in total. The Morgan fingerprint density at radius 1 is 0.941 bits per heavy atom. The molecule has 17 heavy (non-hydrogen) atoms. The van der Waals surface area contributed by atoms with Gasteiger partial charge in [-0.1, -0.05) is 66.3 Å². The van der Waals surface area contributed by atoms with Gasteiger partial charge in [0.15, 0.2) is 0 Å². The van der Waals surface area contributed by atoms with Crippen LogP contribution in [0.15, 0.2) is 30.5 Å². The van der Waals surface area contributed by atoms with E-state index in [1.54, 1.807) is 0 Å². The maximum Gasteiger partial charge on any atom is -0.0105 e. The molecule has 0 unspecified atom stereocenters. The van der Waals surface area contributed by atoms with Gasteiger partial charge in [-0.15, -0.1) is 5.73 Å². The van der Waals surface area contributed by atoms with E-state index in [-0.39, 0.29) is 10.8 Å². The highest BCUT2D eigenvalue weighted by Gasteiger charge is 2.23. The van der Waals surface area contributed by atoms with Gasteiger partial charge in [0.25, 0.3) is 0 Å². The summed E-state index contributed by atoms with van der Waals surface area (Å²) >= 11 is 0.